The monoisotopic (exact) mass is 606 g/mol. The molecule has 2 amide bonds. The van der Waals surface area contributed by atoms with E-state index in [0.717, 1.165) is 73.5 Å². The van der Waals surface area contributed by atoms with E-state index in [1.807, 2.05) is 62.4 Å². The number of aryl methyl sites for hydroxylation is 3. The lowest BCUT2D eigenvalue weighted by Crippen LogP contribution is -2.57. The average molecular weight is 607 g/mol. The summed E-state index contributed by atoms with van der Waals surface area (Å²) >= 11 is 0. The fourth-order valence-electron chi connectivity index (χ4n) is 6.62. The van der Waals surface area contributed by atoms with Crippen molar-refractivity contribution in [2.45, 2.75) is 58.3 Å². The number of benzene rings is 3. The third kappa shape index (κ3) is 7.68. The van der Waals surface area contributed by atoms with Gasteiger partial charge in [0.2, 0.25) is 5.91 Å². The Morgan fingerprint density at radius 1 is 0.864 bits per heavy atom. The van der Waals surface area contributed by atoms with E-state index in [-0.39, 0.29) is 29.5 Å². The molecule has 3 aromatic carbocycles. The molecule has 2 aliphatic rings. The van der Waals surface area contributed by atoms with Crippen molar-refractivity contribution in [2.75, 3.05) is 44.6 Å². The smallest absolute Gasteiger partial charge is 0.335 e. The van der Waals surface area contributed by atoms with Gasteiger partial charge in [0, 0.05) is 56.1 Å². The Morgan fingerprint density at radius 2 is 1.55 bits per heavy atom. The molecule has 2 atom stereocenters. The van der Waals surface area contributed by atoms with Gasteiger partial charge in [0.25, 0.3) is 5.91 Å². The summed E-state index contributed by atoms with van der Waals surface area (Å²) in [5.41, 5.74) is 3.76. The first-order chi connectivity index (χ1) is 21.0. The van der Waals surface area contributed by atoms with Crippen molar-refractivity contribution in [1.82, 2.24) is 14.7 Å². The maximum atomic E-state index is 13.7. The predicted molar refractivity (Wildman–Crippen MR) is 167 cm³/mol. The molecule has 9 heteroatoms. The molecule has 0 spiro atoms. The lowest BCUT2D eigenvalue weighted by Gasteiger charge is -2.46. The summed E-state index contributed by atoms with van der Waals surface area (Å²) in [7, 11) is 0. The normalized spacial score (nSPS) is 20.0. The largest absolute Gasteiger partial charge is 0.416 e. The van der Waals surface area contributed by atoms with Crippen LogP contribution in [-0.2, 0) is 17.4 Å². The number of alkyl halides is 3. The minimum absolute atomic E-state index is 0.0181. The first-order valence-corrected chi connectivity index (χ1v) is 15.3. The summed E-state index contributed by atoms with van der Waals surface area (Å²) in [6, 6.07) is 19.6. The molecule has 0 aromatic heterocycles. The van der Waals surface area contributed by atoms with Crippen LogP contribution < -0.4 is 5.32 Å². The van der Waals surface area contributed by atoms with Gasteiger partial charge in [-0.3, -0.25) is 19.4 Å². The highest BCUT2D eigenvalue weighted by molar-refractivity contribution is 5.95. The number of hydrogen-bond donors (Lipinski definition) is 1. The summed E-state index contributed by atoms with van der Waals surface area (Å²) < 4.78 is 40.6. The zero-order valence-electron chi connectivity index (χ0n) is 25.7. The third-order valence-electron chi connectivity index (χ3n) is 8.95. The van der Waals surface area contributed by atoms with Crippen molar-refractivity contribution in [1.29, 1.82) is 0 Å². The van der Waals surface area contributed by atoms with E-state index in [1.165, 1.54) is 0 Å². The number of anilines is 1. The van der Waals surface area contributed by atoms with Gasteiger partial charge in [-0.2, -0.15) is 13.2 Å². The topological polar surface area (TPSA) is 55.9 Å². The summed E-state index contributed by atoms with van der Waals surface area (Å²) in [6.45, 7) is 9.57. The number of likely N-dealkylation sites (tertiary alicyclic amines) is 1. The van der Waals surface area contributed by atoms with Gasteiger partial charge in [0.1, 0.15) is 0 Å². The van der Waals surface area contributed by atoms with Gasteiger partial charge < -0.3 is 10.2 Å². The molecule has 0 bridgehead atoms. The number of nitrogens with one attached hydrogen (secondary N) is 1. The van der Waals surface area contributed by atoms with Gasteiger partial charge in [-0.15, -0.1) is 0 Å². The summed E-state index contributed by atoms with van der Waals surface area (Å²) in [4.78, 5) is 33.0. The Morgan fingerprint density at radius 3 is 2.20 bits per heavy atom. The van der Waals surface area contributed by atoms with Crippen LogP contribution in [0.25, 0.3) is 0 Å². The fourth-order valence-corrected chi connectivity index (χ4v) is 6.62. The molecule has 2 fully saturated rings. The minimum Gasteiger partial charge on any atom is -0.335 e. The van der Waals surface area contributed by atoms with Crippen LogP contribution in [-0.4, -0.2) is 77.9 Å². The second-order valence-corrected chi connectivity index (χ2v) is 12.2. The zero-order valence-corrected chi connectivity index (χ0v) is 25.7. The van der Waals surface area contributed by atoms with E-state index in [4.69, 9.17) is 0 Å². The van der Waals surface area contributed by atoms with Crippen LogP contribution in [0.3, 0.4) is 0 Å². The summed E-state index contributed by atoms with van der Waals surface area (Å²) in [6.07, 6.45) is -2.38. The van der Waals surface area contributed by atoms with E-state index in [1.54, 1.807) is 17.9 Å². The van der Waals surface area contributed by atoms with Crippen molar-refractivity contribution in [3.63, 3.8) is 0 Å². The van der Waals surface area contributed by atoms with Crippen molar-refractivity contribution >= 4 is 17.5 Å². The van der Waals surface area contributed by atoms with Gasteiger partial charge in [-0.05, 0) is 80.5 Å². The second kappa shape index (κ2) is 13.5. The van der Waals surface area contributed by atoms with E-state index in [2.05, 4.69) is 15.1 Å². The van der Waals surface area contributed by atoms with Crippen LogP contribution >= 0.6 is 0 Å². The maximum absolute atomic E-state index is 13.7. The Balaban J connectivity index is 1.24. The summed E-state index contributed by atoms with van der Waals surface area (Å²) in [5, 5.41) is 3.08. The Labute approximate surface area is 257 Å². The van der Waals surface area contributed by atoms with Crippen molar-refractivity contribution in [3.8, 4) is 0 Å². The molecule has 2 aliphatic heterocycles. The van der Waals surface area contributed by atoms with Crippen LogP contribution in [0, 0.1) is 20.8 Å². The molecule has 5 rings (SSSR count). The molecule has 2 saturated heterocycles. The number of piperazine rings is 1. The van der Waals surface area contributed by atoms with Crippen LogP contribution in [0.2, 0.25) is 0 Å². The predicted octanol–water partition coefficient (Wildman–Crippen LogP) is 6.10. The van der Waals surface area contributed by atoms with E-state index in [9.17, 15) is 22.8 Å². The van der Waals surface area contributed by atoms with Crippen LogP contribution in [0.1, 0.15) is 51.0 Å². The number of para-hydroxylation sites is 1. The molecular weight excluding hydrogens is 565 g/mol. The van der Waals surface area contributed by atoms with Crippen molar-refractivity contribution in [3.05, 3.63) is 100 Å². The molecule has 0 radical (unpaired) electrons. The van der Waals surface area contributed by atoms with E-state index >= 15 is 0 Å². The Kier molecular flexibility index (Phi) is 9.75. The number of halogens is 3. The SMILES string of the molecule is Cc1cc(C(=O)N2CC[C@H](N3CCN(CC(=O)Nc4c(C)cccc4C)CC3)C[C@H]2Cc2ccccc2)cc(C(F)(F)F)c1. The molecule has 0 unspecified atom stereocenters. The molecular formula is C35H41F3N4O2. The second-order valence-electron chi connectivity index (χ2n) is 12.2. The number of carbonyl (C=O) groups excluding carboxylic acids is 2. The Hall–Kier alpha value is -3.69. The fraction of sp³-hybridized carbons (Fsp3) is 0.429. The number of nitrogens with zero attached hydrogens (tertiary/aromatic N) is 3. The van der Waals surface area contributed by atoms with Gasteiger partial charge in [0.05, 0.1) is 12.1 Å². The van der Waals surface area contributed by atoms with E-state index in [0.29, 0.717) is 25.1 Å². The van der Waals surface area contributed by atoms with Crippen molar-refractivity contribution < 1.29 is 22.8 Å². The number of amides is 2. The number of rotatable bonds is 7. The highest BCUT2D eigenvalue weighted by Gasteiger charge is 2.37. The van der Waals surface area contributed by atoms with Gasteiger partial charge in [-0.1, -0.05) is 48.5 Å². The van der Waals surface area contributed by atoms with Crippen LogP contribution in [0.15, 0.2) is 66.7 Å². The molecule has 234 valence electrons. The standard InChI is InChI=1S/C35H41F3N4O2/c1-24-18-28(21-29(19-24)35(36,37)38)34(44)42-13-12-30(22-31(42)20-27-10-5-4-6-11-27)41-16-14-40(15-17-41)23-32(43)39-33-25(2)8-7-9-26(33)3/h4-11,18-19,21,30-31H,12-17,20,22-23H2,1-3H3,(H,39,43)/t30-,31+/m0/s1. The third-order valence-corrected chi connectivity index (χ3v) is 8.95. The number of hydrogen-bond acceptors (Lipinski definition) is 4. The number of piperidine rings is 1. The van der Waals surface area contributed by atoms with Gasteiger partial charge in [0.15, 0.2) is 0 Å². The highest BCUT2D eigenvalue weighted by atomic mass is 19.4. The van der Waals surface area contributed by atoms with Crippen molar-refractivity contribution in [2.24, 2.45) is 0 Å². The molecule has 0 saturated carbocycles. The van der Waals surface area contributed by atoms with Crippen LogP contribution in [0.5, 0.6) is 0 Å². The highest BCUT2D eigenvalue weighted by Crippen LogP contribution is 2.32. The quantitative estimate of drug-likeness (QED) is 0.353. The molecule has 0 aliphatic carbocycles. The first kappa shape index (κ1) is 31.7. The maximum Gasteiger partial charge on any atom is 0.416 e. The van der Waals surface area contributed by atoms with E-state index < -0.39 is 11.7 Å². The molecule has 6 nitrogen and oxygen atoms in total. The zero-order chi connectivity index (χ0) is 31.4. The van der Waals surface area contributed by atoms with Crippen LogP contribution in [0.4, 0.5) is 18.9 Å². The summed E-state index contributed by atoms with van der Waals surface area (Å²) in [5.74, 6) is -0.367. The average Bonchev–Trinajstić information content (AvgIpc) is 2.99. The molecule has 3 aromatic rings. The lowest BCUT2D eigenvalue weighted by atomic mass is 9.90. The molecule has 2 heterocycles. The number of carbonyl (C=O) groups is 2. The first-order valence-electron chi connectivity index (χ1n) is 15.3. The Bertz CT molecular complexity index is 1450. The lowest BCUT2D eigenvalue weighted by molar-refractivity contribution is -0.137. The molecule has 1 N–H and O–H groups in total. The minimum atomic E-state index is -4.51. The van der Waals surface area contributed by atoms with Gasteiger partial charge >= 0.3 is 6.18 Å². The van der Waals surface area contributed by atoms with Gasteiger partial charge in [-0.25, -0.2) is 0 Å². The molecule has 44 heavy (non-hydrogen) atoms.